The lowest BCUT2D eigenvalue weighted by Crippen LogP contribution is -2.19. The second-order valence-electron chi connectivity index (χ2n) is 15.3. The quantitative estimate of drug-likeness (QED) is 0.168. The fourth-order valence-electron chi connectivity index (χ4n) is 9.42. The van der Waals surface area contributed by atoms with E-state index in [-0.39, 0.29) is 17.5 Å². The molecule has 260 valence electrons. The topological polar surface area (TPSA) is 67.5 Å². The minimum absolute atomic E-state index is 0.154. The van der Waals surface area contributed by atoms with Gasteiger partial charge in [-0.25, -0.2) is 24.9 Å². The van der Waals surface area contributed by atoms with Crippen molar-refractivity contribution in [2.45, 2.75) is 31.3 Å². The molecule has 0 spiro atoms. The SMILES string of the molecule is CC1(C)c2ccccc2-c2ccc3c(c21)-c1ncncc1C1[C@@H](c2ccc4sc5cccc(-c6nc(-c7ccccc7)nc(-c7ccccc7)n6)c5c4c2)N31. The molecule has 6 nitrogen and oxygen atoms in total. The Hall–Kier alpha value is -6.57. The third-order valence-electron chi connectivity index (χ3n) is 11.9. The second-order valence-corrected chi connectivity index (χ2v) is 16.3. The third kappa shape index (κ3) is 4.38. The van der Waals surface area contributed by atoms with E-state index >= 15 is 0 Å². The predicted molar refractivity (Wildman–Crippen MR) is 222 cm³/mol. The molecule has 7 heteroatoms. The van der Waals surface area contributed by atoms with Crippen molar-refractivity contribution in [1.29, 1.82) is 0 Å². The highest BCUT2D eigenvalue weighted by atomic mass is 32.1. The van der Waals surface area contributed by atoms with Crippen molar-refractivity contribution >= 4 is 37.2 Å². The molecule has 9 aromatic rings. The lowest BCUT2D eigenvalue weighted by atomic mass is 9.78. The van der Waals surface area contributed by atoms with Crippen LogP contribution in [0.2, 0.25) is 0 Å². The Morgan fingerprint density at radius 3 is 2.11 bits per heavy atom. The fourth-order valence-corrected chi connectivity index (χ4v) is 10.5. The molecular weight excluding hydrogens is 693 g/mol. The van der Waals surface area contributed by atoms with E-state index in [1.54, 1.807) is 6.33 Å². The van der Waals surface area contributed by atoms with E-state index in [0.29, 0.717) is 17.5 Å². The maximum absolute atomic E-state index is 5.13. The standard InChI is InChI=1S/C48H32N6S/c1-48(2)35-18-10-9-16-30(35)31-21-22-36-40(41(31)48)42-34(25-49-26-50-42)44-43(54(36)44)29-20-23-37-33(24-29)39-32(17-11-19-38(39)55-37)47-52-45(27-12-5-3-6-13-27)51-46(53-47)28-14-7-4-8-15-28/h3-26,43-44H,1-2H3/t43-,44?,54?/m1/s1. The van der Waals surface area contributed by atoms with Gasteiger partial charge in [0.2, 0.25) is 0 Å². The van der Waals surface area contributed by atoms with Crippen LogP contribution < -0.4 is 4.90 Å². The van der Waals surface area contributed by atoms with E-state index in [1.165, 1.54) is 64.8 Å². The number of rotatable bonds is 4. The Labute approximate surface area is 321 Å². The molecule has 2 atom stereocenters. The minimum Gasteiger partial charge on any atom is -0.352 e. The molecule has 0 saturated carbocycles. The maximum atomic E-state index is 5.13. The van der Waals surface area contributed by atoms with Crippen LogP contribution in [0.1, 0.15) is 48.2 Å². The molecule has 1 fully saturated rings. The molecule has 3 aliphatic rings. The number of hydrogen-bond acceptors (Lipinski definition) is 7. The molecule has 3 aromatic heterocycles. The highest BCUT2D eigenvalue weighted by molar-refractivity contribution is 7.25. The number of anilines is 1. The average molecular weight is 725 g/mol. The molecule has 2 aliphatic heterocycles. The molecule has 1 saturated heterocycles. The molecule has 1 unspecified atom stereocenters. The van der Waals surface area contributed by atoms with E-state index in [1.807, 2.05) is 53.9 Å². The van der Waals surface area contributed by atoms with Gasteiger partial charge >= 0.3 is 0 Å². The molecule has 0 amide bonds. The Bertz CT molecular complexity index is 2990. The zero-order valence-corrected chi connectivity index (χ0v) is 30.9. The van der Waals surface area contributed by atoms with E-state index in [2.05, 4.69) is 121 Å². The van der Waals surface area contributed by atoms with E-state index in [4.69, 9.17) is 19.9 Å². The van der Waals surface area contributed by atoms with Gasteiger partial charge in [0.1, 0.15) is 6.33 Å². The molecule has 0 bridgehead atoms. The normalized spacial score (nSPS) is 17.0. The first-order valence-electron chi connectivity index (χ1n) is 18.7. The van der Waals surface area contributed by atoms with E-state index in [9.17, 15) is 0 Å². The number of hydrogen-bond donors (Lipinski definition) is 0. The van der Waals surface area contributed by atoms with Gasteiger partial charge in [0.05, 0.1) is 17.8 Å². The van der Waals surface area contributed by atoms with Crippen molar-refractivity contribution in [3.05, 3.63) is 168 Å². The molecule has 12 rings (SSSR count). The third-order valence-corrected chi connectivity index (χ3v) is 13.0. The van der Waals surface area contributed by atoms with Crippen LogP contribution in [-0.2, 0) is 5.41 Å². The monoisotopic (exact) mass is 724 g/mol. The van der Waals surface area contributed by atoms with Crippen molar-refractivity contribution in [2.75, 3.05) is 4.90 Å². The fraction of sp³-hybridized carbons (Fsp3) is 0.104. The van der Waals surface area contributed by atoms with Gasteiger partial charge < -0.3 is 4.90 Å². The lowest BCUT2D eigenvalue weighted by molar-refractivity contribution is 0.661. The second kappa shape index (κ2) is 11.2. The summed E-state index contributed by atoms with van der Waals surface area (Å²) in [6.07, 6.45) is 3.76. The molecule has 5 heterocycles. The summed E-state index contributed by atoms with van der Waals surface area (Å²) in [7, 11) is 0. The van der Waals surface area contributed by atoms with Gasteiger partial charge in [-0.3, -0.25) is 0 Å². The van der Waals surface area contributed by atoms with Crippen LogP contribution >= 0.6 is 11.3 Å². The van der Waals surface area contributed by atoms with Crippen molar-refractivity contribution in [3.63, 3.8) is 0 Å². The zero-order chi connectivity index (χ0) is 36.4. The van der Waals surface area contributed by atoms with E-state index in [0.717, 1.165) is 22.4 Å². The summed E-state index contributed by atoms with van der Waals surface area (Å²) in [5.74, 6) is 1.99. The number of benzene rings is 6. The van der Waals surface area contributed by atoms with Gasteiger partial charge in [0.25, 0.3) is 0 Å². The summed E-state index contributed by atoms with van der Waals surface area (Å²) in [4.78, 5) is 27.4. The van der Waals surface area contributed by atoms with Gasteiger partial charge in [-0.15, -0.1) is 11.3 Å². The maximum Gasteiger partial charge on any atom is 0.164 e. The van der Waals surface area contributed by atoms with Crippen LogP contribution in [0, 0.1) is 0 Å². The van der Waals surface area contributed by atoms with Gasteiger partial charge in [-0.1, -0.05) is 123 Å². The van der Waals surface area contributed by atoms with Crippen molar-refractivity contribution < 1.29 is 0 Å². The van der Waals surface area contributed by atoms with Crippen molar-refractivity contribution in [2.24, 2.45) is 0 Å². The van der Waals surface area contributed by atoms with Crippen molar-refractivity contribution in [3.8, 4) is 56.5 Å². The van der Waals surface area contributed by atoms with Crippen LogP contribution in [0.25, 0.3) is 76.7 Å². The number of nitrogens with zero attached hydrogens (tertiary/aromatic N) is 6. The molecular formula is C48H32N6S. The first-order chi connectivity index (χ1) is 27.0. The van der Waals surface area contributed by atoms with Gasteiger partial charge in [-0.2, -0.15) is 0 Å². The molecule has 0 radical (unpaired) electrons. The Kier molecular flexibility index (Phi) is 6.30. The largest absolute Gasteiger partial charge is 0.352 e. The lowest BCUT2D eigenvalue weighted by Gasteiger charge is -2.29. The van der Waals surface area contributed by atoms with Crippen LogP contribution in [-0.4, -0.2) is 24.9 Å². The highest BCUT2D eigenvalue weighted by Crippen LogP contribution is 2.66. The zero-order valence-electron chi connectivity index (χ0n) is 30.1. The predicted octanol–water partition coefficient (Wildman–Crippen LogP) is 11.6. The molecule has 0 N–H and O–H groups in total. The van der Waals surface area contributed by atoms with Crippen LogP contribution in [0.15, 0.2) is 146 Å². The molecule has 55 heavy (non-hydrogen) atoms. The summed E-state index contributed by atoms with van der Waals surface area (Å²) in [5, 5.41) is 2.39. The summed E-state index contributed by atoms with van der Waals surface area (Å²) in [6.45, 7) is 4.71. The smallest absolute Gasteiger partial charge is 0.164 e. The highest BCUT2D eigenvalue weighted by Gasteiger charge is 2.56. The minimum atomic E-state index is -0.154. The molecule has 6 aromatic carbocycles. The first-order valence-corrected chi connectivity index (χ1v) is 19.5. The Morgan fingerprint density at radius 2 is 1.33 bits per heavy atom. The van der Waals surface area contributed by atoms with Gasteiger partial charge in [-0.05, 0) is 52.1 Å². The van der Waals surface area contributed by atoms with Gasteiger partial charge in [0.15, 0.2) is 17.5 Å². The van der Waals surface area contributed by atoms with Crippen LogP contribution in [0.5, 0.6) is 0 Å². The summed E-state index contributed by atoms with van der Waals surface area (Å²) in [5.41, 5.74) is 14.2. The average Bonchev–Trinajstić information content (AvgIpc) is 3.82. The summed E-state index contributed by atoms with van der Waals surface area (Å²) in [6, 6.07) is 47.7. The summed E-state index contributed by atoms with van der Waals surface area (Å²) < 4.78 is 2.45. The number of thiophene rings is 1. The van der Waals surface area contributed by atoms with E-state index < -0.39 is 0 Å². The van der Waals surface area contributed by atoms with Crippen LogP contribution in [0.3, 0.4) is 0 Å². The van der Waals surface area contributed by atoms with Crippen LogP contribution in [0.4, 0.5) is 5.69 Å². The van der Waals surface area contributed by atoms with Crippen molar-refractivity contribution in [1.82, 2.24) is 24.9 Å². The Morgan fingerprint density at radius 1 is 0.618 bits per heavy atom. The Balaban J connectivity index is 1.02. The number of fused-ring (bicyclic) bond motifs is 13. The first kappa shape index (κ1) is 30.8. The van der Waals surface area contributed by atoms with Gasteiger partial charge in [0, 0.05) is 65.3 Å². The number of aromatic nitrogens is 5. The summed E-state index contributed by atoms with van der Waals surface area (Å²) >= 11 is 1.82. The molecule has 1 aliphatic carbocycles.